The summed E-state index contributed by atoms with van der Waals surface area (Å²) < 4.78 is 4.93. The lowest BCUT2D eigenvalue weighted by molar-refractivity contribution is -0.126. The molecular weight excluding hydrogens is 310 g/mol. The van der Waals surface area contributed by atoms with Gasteiger partial charge in [0.05, 0.1) is 12.2 Å². The number of amides is 3. The Morgan fingerprint density at radius 3 is 2.58 bits per heavy atom. The average molecular weight is 327 g/mol. The number of carbonyl (C=O) groups excluding carboxylic acids is 3. The molecule has 1 fully saturated rings. The van der Waals surface area contributed by atoms with Crippen LogP contribution in [-0.2, 0) is 9.59 Å². The molecule has 24 heavy (non-hydrogen) atoms. The fraction of sp³-hybridized carbons (Fsp3) is 0.235. The molecule has 3 rings (SSSR count). The van der Waals surface area contributed by atoms with Gasteiger partial charge in [0.1, 0.15) is 0 Å². The first-order chi connectivity index (χ1) is 11.5. The number of aryl methyl sites for hydroxylation is 1. The molecule has 2 heterocycles. The molecule has 0 aliphatic carbocycles. The summed E-state index contributed by atoms with van der Waals surface area (Å²) >= 11 is 0. The molecule has 0 unspecified atom stereocenters. The number of anilines is 1. The molecule has 7 heteroatoms. The lowest BCUT2D eigenvalue weighted by Crippen LogP contribution is -2.45. The zero-order valence-electron chi connectivity index (χ0n) is 13.1. The molecule has 2 aromatic rings. The van der Waals surface area contributed by atoms with Gasteiger partial charge in [-0.05, 0) is 31.2 Å². The van der Waals surface area contributed by atoms with Crippen molar-refractivity contribution in [2.45, 2.75) is 13.3 Å². The smallest absolute Gasteiger partial charge is 0.305 e. The Hall–Kier alpha value is -3.09. The normalized spacial score (nSPS) is 17.0. The largest absolute Gasteiger partial charge is 0.459 e. The van der Waals surface area contributed by atoms with Crippen LogP contribution < -0.4 is 15.8 Å². The summed E-state index contributed by atoms with van der Waals surface area (Å²) in [5.74, 6) is -1.49. The zero-order valence-corrected chi connectivity index (χ0v) is 13.1. The summed E-state index contributed by atoms with van der Waals surface area (Å²) in [6.45, 7) is 2.25. The van der Waals surface area contributed by atoms with Crippen LogP contribution in [-0.4, -0.2) is 24.3 Å². The van der Waals surface area contributed by atoms with Crippen molar-refractivity contribution < 1.29 is 18.8 Å². The fourth-order valence-corrected chi connectivity index (χ4v) is 2.55. The van der Waals surface area contributed by atoms with Gasteiger partial charge < -0.3 is 9.32 Å². The van der Waals surface area contributed by atoms with Gasteiger partial charge in [0.25, 0.3) is 0 Å². The molecule has 0 radical (unpaired) electrons. The summed E-state index contributed by atoms with van der Waals surface area (Å²) in [5.41, 5.74) is 6.48. The second-order valence-electron chi connectivity index (χ2n) is 5.66. The Balaban J connectivity index is 1.58. The first-order valence-electron chi connectivity index (χ1n) is 7.55. The van der Waals surface area contributed by atoms with Crippen LogP contribution in [0.1, 0.15) is 22.5 Å². The minimum Gasteiger partial charge on any atom is -0.459 e. The van der Waals surface area contributed by atoms with Gasteiger partial charge >= 0.3 is 5.91 Å². The zero-order chi connectivity index (χ0) is 17.1. The molecule has 1 atom stereocenters. The van der Waals surface area contributed by atoms with E-state index >= 15 is 0 Å². The number of nitrogens with zero attached hydrogens (tertiary/aromatic N) is 1. The first-order valence-corrected chi connectivity index (χ1v) is 7.55. The Morgan fingerprint density at radius 1 is 1.17 bits per heavy atom. The van der Waals surface area contributed by atoms with Crippen molar-refractivity contribution in [1.29, 1.82) is 0 Å². The van der Waals surface area contributed by atoms with E-state index in [1.165, 1.54) is 12.3 Å². The fourth-order valence-electron chi connectivity index (χ4n) is 2.55. The Labute approximate surface area is 138 Å². The standard InChI is InChI=1S/C17H17N3O4/c1-11-4-6-13(7-5-11)20-10-12(9-15(20)21)16(22)18-19-17(23)14-3-2-8-24-14/h2-8,12H,9-10H2,1H3,(H,18,22)(H,19,23)/t12-/m1/s1. The number of carbonyl (C=O) groups is 3. The van der Waals surface area contributed by atoms with Gasteiger partial charge in [-0.3, -0.25) is 25.2 Å². The lowest BCUT2D eigenvalue weighted by Gasteiger charge is -2.17. The van der Waals surface area contributed by atoms with Crippen LogP contribution in [0, 0.1) is 12.8 Å². The molecule has 0 spiro atoms. The van der Waals surface area contributed by atoms with E-state index in [0.717, 1.165) is 11.3 Å². The second-order valence-corrected chi connectivity index (χ2v) is 5.66. The molecule has 1 aromatic heterocycles. The molecule has 0 bridgehead atoms. The van der Waals surface area contributed by atoms with Gasteiger partial charge in [-0.2, -0.15) is 0 Å². The maximum Gasteiger partial charge on any atom is 0.305 e. The minimum absolute atomic E-state index is 0.0964. The topological polar surface area (TPSA) is 91.7 Å². The number of hydrogen-bond acceptors (Lipinski definition) is 4. The molecule has 1 aliphatic rings. The molecule has 3 amide bonds. The van der Waals surface area contributed by atoms with Crippen molar-refractivity contribution in [3.8, 4) is 0 Å². The van der Waals surface area contributed by atoms with Crippen LogP contribution in [0.2, 0.25) is 0 Å². The highest BCUT2D eigenvalue weighted by Gasteiger charge is 2.35. The molecular formula is C17H17N3O4. The molecule has 1 saturated heterocycles. The maximum atomic E-state index is 12.2. The third-order valence-corrected chi connectivity index (χ3v) is 3.89. The SMILES string of the molecule is Cc1ccc(N2C[C@H](C(=O)NNC(=O)c3ccco3)CC2=O)cc1. The number of nitrogens with one attached hydrogen (secondary N) is 2. The van der Waals surface area contributed by atoms with Gasteiger partial charge in [-0.15, -0.1) is 0 Å². The summed E-state index contributed by atoms with van der Waals surface area (Å²) in [6.07, 6.45) is 1.47. The summed E-state index contributed by atoms with van der Waals surface area (Å²) in [5, 5.41) is 0. The van der Waals surface area contributed by atoms with Gasteiger partial charge in [0.15, 0.2) is 5.76 Å². The van der Waals surface area contributed by atoms with Crippen LogP contribution >= 0.6 is 0 Å². The van der Waals surface area contributed by atoms with Gasteiger partial charge in [-0.25, -0.2) is 0 Å². The van der Waals surface area contributed by atoms with E-state index in [1.807, 2.05) is 31.2 Å². The third kappa shape index (κ3) is 3.29. The highest BCUT2D eigenvalue weighted by molar-refractivity contribution is 6.01. The van der Waals surface area contributed by atoms with Gasteiger partial charge in [0, 0.05) is 18.7 Å². The van der Waals surface area contributed by atoms with Crippen molar-refractivity contribution in [2.75, 3.05) is 11.4 Å². The molecule has 7 nitrogen and oxygen atoms in total. The minimum atomic E-state index is -0.548. The maximum absolute atomic E-state index is 12.2. The molecule has 1 aliphatic heterocycles. The van der Waals surface area contributed by atoms with Crippen LogP contribution in [0.3, 0.4) is 0 Å². The van der Waals surface area contributed by atoms with E-state index < -0.39 is 17.7 Å². The van der Waals surface area contributed by atoms with Gasteiger partial charge in [0.2, 0.25) is 11.8 Å². The van der Waals surface area contributed by atoms with Crippen LogP contribution in [0.4, 0.5) is 5.69 Å². The van der Waals surface area contributed by atoms with E-state index in [1.54, 1.807) is 11.0 Å². The number of furan rings is 1. The van der Waals surface area contributed by atoms with Gasteiger partial charge in [-0.1, -0.05) is 17.7 Å². The molecule has 0 saturated carbocycles. The van der Waals surface area contributed by atoms with Crippen LogP contribution in [0.15, 0.2) is 47.1 Å². The van der Waals surface area contributed by atoms with E-state index in [2.05, 4.69) is 10.9 Å². The average Bonchev–Trinajstić information content (AvgIpc) is 3.23. The summed E-state index contributed by atoms with van der Waals surface area (Å²) in [4.78, 5) is 37.6. The third-order valence-electron chi connectivity index (χ3n) is 3.89. The Morgan fingerprint density at radius 2 is 1.92 bits per heavy atom. The molecule has 124 valence electrons. The monoisotopic (exact) mass is 327 g/mol. The molecule has 2 N–H and O–H groups in total. The second kappa shape index (κ2) is 6.57. The van der Waals surface area contributed by atoms with E-state index in [0.29, 0.717) is 0 Å². The Kier molecular flexibility index (Phi) is 4.33. The van der Waals surface area contributed by atoms with Crippen molar-refractivity contribution >= 4 is 23.4 Å². The lowest BCUT2D eigenvalue weighted by atomic mass is 10.1. The van der Waals surface area contributed by atoms with Crippen molar-refractivity contribution in [2.24, 2.45) is 5.92 Å². The highest BCUT2D eigenvalue weighted by Crippen LogP contribution is 2.25. The first kappa shape index (κ1) is 15.8. The summed E-state index contributed by atoms with van der Waals surface area (Å²) in [6, 6.07) is 10.6. The molecule has 1 aromatic carbocycles. The Bertz CT molecular complexity index is 753. The predicted octanol–water partition coefficient (Wildman–Crippen LogP) is 1.40. The van der Waals surface area contributed by atoms with Crippen molar-refractivity contribution in [3.05, 3.63) is 54.0 Å². The van der Waals surface area contributed by atoms with Crippen molar-refractivity contribution in [3.63, 3.8) is 0 Å². The van der Waals surface area contributed by atoms with Crippen LogP contribution in [0.5, 0.6) is 0 Å². The number of hydrazine groups is 1. The number of rotatable bonds is 3. The van der Waals surface area contributed by atoms with Crippen LogP contribution in [0.25, 0.3) is 0 Å². The predicted molar refractivity (Wildman–Crippen MR) is 86.0 cm³/mol. The van der Waals surface area contributed by atoms with E-state index in [-0.39, 0.29) is 24.6 Å². The van der Waals surface area contributed by atoms with E-state index in [4.69, 9.17) is 4.42 Å². The highest BCUT2D eigenvalue weighted by atomic mass is 16.3. The summed E-state index contributed by atoms with van der Waals surface area (Å²) in [7, 11) is 0. The number of hydrogen-bond donors (Lipinski definition) is 2. The van der Waals surface area contributed by atoms with Crippen molar-refractivity contribution in [1.82, 2.24) is 10.9 Å². The van der Waals surface area contributed by atoms with E-state index in [9.17, 15) is 14.4 Å². The quantitative estimate of drug-likeness (QED) is 0.834. The number of benzene rings is 1.